The Hall–Kier alpha value is -5.35. The number of hydrogen-bond donors (Lipinski definition) is 0. The van der Waals surface area contributed by atoms with Gasteiger partial charge in [-0.2, -0.15) is 30.3 Å². The van der Waals surface area contributed by atoms with E-state index >= 15 is 0 Å². The Balaban J connectivity index is 0.000000305. The summed E-state index contributed by atoms with van der Waals surface area (Å²) in [6.45, 7) is 7.09. The SMILES string of the molecule is CC(C)(C)[n+]1[c-]n(-c2[c-]cccc2)cc1.[2H]c1cc(C(C)(C)C)cc(C([2H])([2H])[2H])c1-c1cc(-c2[c-]ccc3c2oc2cc4c(ccc5ccccc54)cc23)ncc1C([2H])([2H])[2H].[Ir+3]. The van der Waals surface area contributed by atoms with Gasteiger partial charge in [0.1, 0.15) is 5.58 Å². The van der Waals surface area contributed by atoms with Gasteiger partial charge >= 0.3 is 20.1 Å². The molecule has 0 N–H and O–H groups in total. The number of imidazole rings is 1. The molecule has 3 heterocycles. The minimum absolute atomic E-state index is 0. The molecule has 6 aromatic carbocycles. The van der Waals surface area contributed by atoms with Gasteiger partial charge in [0.25, 0.3) is 0 Å². The number of para-hydroxylation sites is 1. The zero-order valence-corrected chi connectivity index (χ0v) is 34.0. The van der Waals surface area contributed by atoms with Gasteiger partial charge in [0, 0.05) is 32.2 Å². The molecule has 3 aromatic heterocycles. The predicted octanol–water partition coefficient (Wildman–Crippen LogP) is 12.5. The summed E-state index contributed by atoms with van der Waals surface area (Å²) >= 11 is 0. The molecule has 9 rings (SSSR count). The summed E-state index contributed by atoms with van der Waals surface area (Å²) in [6, 6.07) is 39.2. The molecule has 0 amide bonds. The molecule has 274 valence electrons. The van der Waals surface area contributed by atoms with Gasteiger partial charge in [0.15, 0.2) is 0 Å². The van der Waals surface area contributed by atoms with Crippen molar-refractivity contribution < 1.29 is 38.7 Å². The molecule has 0 spiro atoms. The van der Waals surface area contributed by atoms with E-state index < -0.39 is 19.1 Å². The van der Waals surface area contributed by atoms with Crippen molar-refractivity contribution in [2.75, 3.05) is 0 Å². The topological polar surface area (TPSA) is 34.8 Å². The molecule has 0 aliphatic carbocycles. The Kier molecular flexibility index (Phi) is 8.01. The van der Waals surface area contributed by atoms with Crippen LogP contribution in [0.2, 0.25) is 0 Å². The summed E-state index contributed by atoms with van der Waals surface area (Å²) in [7, 11) is 0. The molecule has 0 atom stereocenters. The van der Waals surface area contributed by atoms with Gasteiger partial charge in [-0.1, -0.05) is 98.0 Å². The maximum absolute atomic E-state index is 8.98. The van der Waals surface area contributed by atoms with E-state index in [0.29, 0.717) is 28.0 Å². The third-order valence-electron chi connectivity index (χ3n) is 9.79. The van der Waals surface area contributed by atoms with Crippen LogP contribution in [0.25, 0.3) is 71.6 Å². The van der Waals surface area contributed by atoms with Gasteiger partial charge in [0.2, 0.25) is 6.33 Å². The maximum Gasteiger partial charge on any atom is 3.00 e. The molecule has 0 unspecified atom stereocenters. The minimum Gasteiger partial charge on any atom is -0.501 e. The number of benzene rings is 6. The molecule has 0 aliphatic heterocycles. The summed E-state index contributed by atoms with van der Waals surface area (Å²) in [5.74, 6) is 0. The summed E-state index contributed by atoms with van der Waals surface area (Å²) in [5, 5.41) is 6.16. The molecule has 0 bridgehead atoms. The molecule has 0 saturated carbocycles. The molecule has 55 heavy (non-hydrogen) atoms. The summed E-state index contributed by atoms with van der Waals surface area (Å²) in [5.41, 5.74) is 3.40. The smallest absolute Gasteiger partial charge is 0.501 e. The fraction of sp³-hybridized carbons (Fsp3) is 0.200. The normalized spacial score (nSPS) is 14.2. The Labute approximate surface area is 347 Å². The van der Waals surface area contributed by atoms with Gasteiger partial charge in [-0.05, 0) is 107 Å². The molecule has 0 fully saturated rings. The third kappa shape index (κ3) is 7.40. The second-order valence-electron chi connectivity index (χ2n) is 15.7. The molecule has 0 aliphatic rings. The van der Waals surface area contributed by atoms with Crippen LogP contribution in [0.15, 0.2) is 132 Å². The number of aromatic nitrogens is 3. The third-order valence-corrected chi connectivity index (χ3v) is 9.79. The summed E-state index contributed by atoms with van der Waals surface area (Å²) in [4.78, 5) is 4.54. The fourth-order valence-electron chi connectivity index (χ4n) is 6.74. The number of furan rings is 1. The van der Waals surface area contributed by atoms with Gasteiger partial charge in [-0.3, -0.25) is 0 Å². The van der Waals surface area contributed by atoms with Gasteiger partial charge in [-0.25, -0.2) is 0 Å². The van der Waals surface area contributed by atoms with Crippen LogP contribution in [-0.4, -0.2) is 9.55 Å². The summed E-state index contributed by atoms with van der Waals surface area (Å²) < 4.78 is 69.4. The van der Waals surface area contributed by atoms with E-state index in [0.717, 1.165) is 38.0 Å². The van der Waals surface area contributed by atoms with Gasteiger partial charge in [0.05, 0.1) is 12.5 Å². The summed E-state index contributed by atoms with van der Waals surface area (Å²) in [6.07, 6.45) is 8.55. The monoisotopic (exact) mass is 903 g/mol. The number of rotatable bonds is 3. The van der Waals surface area contributed by atoms with E-state index in [2.05, 4.69) is 79.1 Å². The van der Waals surface area contributed by atoms with Gasteiger partial charge in [-0.15, -0.1) is 18.2 Å². The molecule has 0 saturated heterocycles. The first-order chi connectivity index (χ1) is 28.7. The number of hydrogen-bond acceptors (Lipinski definition) is 2. The first kappa shape index (κ1) is 29.9. The zero-order valence-electron chi connectivity index (χ0n) is 38.6. The quantitative estimate of drug-likeness (QED) is 0.101. The maximum atomic E-state index is 8.98. The molecule has 4 nitrogen and oxygen atoms in total. The largest absolute Gasteiger partial charge is 3.00 e. The Morgan fingerprint density at radius 1 is 0.745 bits per heavy atom. The van der Waals surface area contributed by atoms with Gasteiger partial charge < -0.3 is 18.5 Å². The molecular weight excluding hydrogens is 851 g/mol. The van der Waals surface area contributed by atoms with E-state index in [4.69, 9.17) is 14.0 Å². The minimum atomic E-state index is -2.61. The zero-order chi connectivity index (χ0) is 43.6. The molecular formula is C50H45IrN3O+. The van der Waals surface area contributed by atoms with Crippen LogP contribution >= 0.6 is 0 Å². The van der Waals surface area contributed by atoms with Crippen LogP contribution in [0.5, 0.6) is 0 Å². The predicted molar refractivity (Wildman–Crippen MR) is 223 cm³/mol. The number of pyridine rings is 1. The first-order valence-electron chi connectivity index (χ1n) is 21.5. The Morgan fingerprint density at radius 3 is 2.29 bits per heavy atom. The van der Waals surface area contributed by atoms with Crippen molar-refractivity contribution in [3.8, 4) is 28.1 Å². The second-order valence-corrected chi connectivity index (χ2v) is 15.7. The van der Waals surface area contributed by atoms with Crippen molar-refractivity contribution >= 4 is 43.5 Å². The van der Waals surface area contributed by atoms with E-state index in [1.54, 1.807) is 24.3 Å². The second kappa shape index (κ2) is 14.7. The van der Waals surface area contributed by atoms with Crippen molar-refractivity contribution in [1.29, 1.82) is 0 Å². The van der Waals surface area contributed by atoms with Crippen molar-refractivity contribution in [3.63, 3.8) is 0 Å². The van der Waals surface area contributed by atoms with Crippen LogP contribution < -0.4 is 4.57 Å². The van der Waals surface area contributed by atoms with E-state index in [1.165, 1.54) is 6.20 Å². The molecule has 5 heteroatoms. The van der Waals surface area contributed by atoms with Crippen molar-refractivity contribution in [1.82, 2.24) is 9.55 Å². The van der Waals surface area contributed by atoms with Crippen LogP contribution in [-0.2, 0) is 31.1 Å². The van der Waals surface area contributed by atoms with E-state index in [-0.39, 0.29) is 53.9 Å². The van der Waals surface area contributed by atoms with Crippen molar-refractivity contribution in [2.45, 2.75) is 66.2 Å². The first-order valence-corrected chi connectivity index (χ1v) is 18.0. The van der Waals surface area contributed by atoms with Crippen LogP contribution in [0.4, 0.5) is 0 Å². The van der Waals surface area contributed by atoms with Crippen LogP contribution in [0.1, 0.15) is 67.8 Å². The van der Waals surface area contributed by atoms with Crippen LogP contribution in [0.3, 0.4) is 0 Å². The average molecular weight is 903 g/mol. The fourth-order valence-corrected chi connectivity index (χ4v) is 6.74. The van der Waals surface area contributed by atoms with E-state index in [9.17, 15) is 0 Å². The standard InChI is InChI=1S/C37H30NO.C13H15N2.Ir/c1-22-17-26(37(3,4)5)15-16-27(22)31-19-34(38-21-23(31)2)30-12-8-11-29-33-18-25-14-13-24-9-6-7-10-28(24)32(25)20-35(33)39-36(29)30;1-13(2,3)15-10-9-14(11-15)12-7-5-4-6-8-12;/h6-11,13-21H,1-5H3;4-7,9-10H,1-3H3;/q2*-1;+3/i1D3,2D3,16D;;. The van der Waals surface area contributed by atoms with Crippen molar-refractivity contribution in [3.05, 3.63) is 163 Å². The molecule has 0 radical (unpaired) electrons. The number of nitrogens with zero attached hydrogens (tertiary/aromatic N) is 3. The number of aryl methyl sites for hydroxylation is 2. The van der Waals surface area contributed by atoms with Crippen LogP contribution in [0, 0.1) is 32.2 Å². The Bertz CT molecular complexity index is 3100. The van der Waals surface area contributed by atoms with E-state index in [1.807, 2.05) is 86.3 Å². The number of fused-ring (bicyclic) bond motifs is 6. The molecule has 9 aromatic rings. The van der Waals surface area contributed by atoms with Crippen molar-refractivity contribution in [2.24, 2.45) is 0 Å². The average Bonchev–Trinajstić information content (AvgIpc) is 3.85. The Morgan fingerprint density at radius 2 is 1.55 bits per heavy atom.